The average Bonchev–Trinajstić information content (AvgIpc) is 2.53. The van der Waals surface area contributed by atoms with Gasteiger partial charge in [0, 0.05) is 25.7 Å². The maximum atomic E-state index is 12.0. The van der Waals surface area contributed by atoms with E-state index in [1.807, 2.05) is 61.5 Å². The maximum Gasteiger partial charge on any atom is 0.224 e. The molecule has 23 heavy (non-hydrogen) atoms. The first-order chi connectivity index (χ1) is 11.1. The Balaban J connectivity index is 1.89. The molecule has 0 radical (unpaired) electrons. The van der Waals surface area contributed by atoms with Crippen LogP contribution in [0.5, 0.6) is 0 Å². The van der Waals surface area contributed by atoms with Crippen LogP contribution in [-0.4, -0.2) is 24.9 Å². The average molecular weight is 310 g/mol. The molecule has 0 saturated carbocycles. The quantitative estimate of drug-likeness (QED) is 0.892. The number of carbonyl (C=O) groups is 2. The molecule has 120 valence electrons. The van der Waals surface area contributed by atoms with E-state index in [-0.39, 0.29) is 11.8 Å². The van der Waals surface area contributed by atoms with Crippen molar-refractivity contribution in [3.8, 4) is 0 Å². The largest absolute Gasteiger partial charge is 0.354 e. The van der Waals surface area contributed by atoms with Crippen LogP contribution in [0.15, 0.2) is 54.6 Å². The summed E-state index contributed by atoms with van der Waals surface area (Å²) < 4.78 is 0. The van der Waals surface area contributed by atoms with Crippen LogP contribution in [0.3, 0.4) is 0 Å². The Labute approximate surface area is 137 Å². The summed E-state index contributed by atoms with van der Waals surface area (Å²) in [7, 11) is 0. The maximum absolute atomic E-state index is 12.0. The highest BCUT2D eigenvalue weighted by Crippen LogP contribution is 2.19. The third-order valence-electron chi connectivity index (χ3n) is 3.65. The number of benzene rings is 2. The number of para-hydroxylation sites is 1. The Bertz CT molecular complexity index is 668. The Morgan fingerprint density at radius 2 is 1.65 bits per heavy atom. The highest BCUT2D eigenvalue weighted by Gasteiger charge is 2.13. The fraction of sp³-hybridized carbons (Fsp3) is 0.263. The van der Waals surface area contributed by atoms with Gasteiger partial charge in [-0.2, -0.15) is 0 Å². The zero-order valence-electron chi connectivity index (χ0n) is 13.6. The van der Waals surface area contributed by atoms with Gasteiger partial charge in [0.2, 0.25) is 11.8 Å². The summed E-state index contributed by atoms with van der Waals surface area (Å²) >= 11 is 0. The second kappa shape index (κ2) is 8.13. The van der Waals surface area contributed by atoms with Gasteiger partial charge in [0.1, 0.15) is 0 Å². The highest BCUT2D eigenvalue weighted by molar-refractivity contribution is 5.92. The number of carbonyl (C=O) groups excluding carboxylic acids is 2. The van der Waals surface area contributed by atoms with Gasteiger partial charge in [-0.3, -0.25) is 9.59 Å². The summed E-state index contributed by atoms with van der Waals surface area (Å²) in [5.74, 6) is -0.0684. The molecule has 4 nitrogen and oxygen atoms in total. The van der Waals surface area contributed by atoms with Crippen molar-refractivity contribution in [2.75, 3.05) is 18.0 Å². The van der Waals surface area contributed by atoms with Crippen LogP contribution in [0.25, 0.3) is 0 Å². The van der Waals surface area contributed by atoms with E-state index < -0.39 is 0 Å². The Morgan fingerprint density at radius 3 is 2.30 bits per heavy atom. The summed E-state index contributed by atoms with van der Waals surface area (Å²) in [6.45, 7) is 4.40. The van der Waals surface area contributed by atoms with E-state index in [9.17, 15) is 9.59 Å². The normalized spacial score (nSPS) is 10.2. The molecule has 0 aliphatic rings. The topological polar surface area (TPSA) is 49.4 Å². The number of hydrogen-bond acceptors (Lipinski definition) is 2. The third-order valence-corrected chi connectivity index (χ3v) is 3.65. The molecule has 0 aromatic heterocycles. The monoisotopic (exact) mass is 310 g/mol. The molecule has 0 bridgehead atoms. The predicted molar refractivity (Wildman–Crippen MR) is 92.4 cm³/mol. The van der Waals surface area contributed by atoms with Gasteiger partial charge in [-0.05, 0) is 24.1 Å². The first-order valence-electron chi connectivity index (χ1n) is 7.72. The van der Waals surface area contributed by atoms with Crippen molar-refractivity contribution in [1.29, 1.82) is 0 Å². The van der Waals surface area contributed by atoms with Gasteiger partial charge in [-0.25, -0.2) is 0 Å². The fourth-order valence-corrected chi connectivity index (χ4v) is 2.46. The lowest BCUT2D eigenvalue weighted by molar-refractivity contribution is -0.121. The van der Waals surface area contributed by atoms with Crippen LogP contribution >= 0.6 is 0 Å². The lowest BCUT2D eigenvalue weighted by atomic mass is 10.1. The van der Waals surface area contributed by atoms with E-state index in [1.54, 1.807) is 4.90 Å². The summed E-state index contributed by atoms with van der Waals surface area (Å²) in [6, 6.07) is 17.3. The van der Waals surface area contributed by atoms with E-state index >= 15 is 0 Å². The van der Waals surface area contributed by atoms with Gasteiger partial charge in [-0.15, -0.1) is 0 Å². The second-order valence-electron chi connectivity index (χ2n) is 5.47. The molecule has 0 atom stereocenters. The molecule has 2 amide bonds. The van der Waals surface area contributed by atoms with Crippen LogP contribution in [0.4, 0.5) is 5.69 Å². The molecule has 0 heterocycles. The van der Waals surface area contributed by atoms with Crippen molar-refractivity contribution >= 4 is 17.5 Å². The third kappa shape index (κ3) is 4.95. The number of anilines is 1. The van der Waals surface area contributed by atoms with Crippen molar-refractivity contribution in [3.63, 3.8) is 0 Å². The first kappa shape index (κ1) is 16.7. The molecule has 0 aliphatic heterocycles. The molecule has 4 heteroatoms. The minimum atomic E-state index is -0.0375. The first-order valence-corrected chi connectivity index (χ1v) is 7.72. The molecule has 0 saturated heterocycles. The fourth-order valence-electron chi connectivity index (χ4n) is 2.46. The van der Waals surface area contributed by atoms with Gasteiger partial charge in [0.25, 0.3) is 0 Å². The number of nitrogens with one attached hydrogen (secondary N) is 1. The number of amides is 2. The minimum Gasteiger partial charge on any atom is -0.354 e. The zero-order chi connectivity index (χ0) is 16.7. The molecular formula is C19H22N2O2. The van der Waals surface area contributed by atoms with E-state index in [0.717, 1.165) is 16.8 Å². The Kier molecular flexibility index (Phi) is 5.92. The van der Waals surface area contributed by atoms with Crippen LogP contribution in [0.2, 0.25) is 0 Å². The van der Waals surface area contributed by atoms with E-state index in [2.05, 4.69) is 5.32 Å². The second-order valence-corrected chi connectivity index (χ2v) is 5.47. The van der Waals surface area contributed by atoms with Crippen LogP contribution < -0.4 is 10.2 Å². The van der Waals surface area contributed by atoms with E-state index in [4.69, 9.17) is 0 Å². The summed E-state index contributed by atoms with van der Waals surface area (Å²) in [4.78, 5) is 25.5. The molecule has 0 unspecified atom stereocenters. The number of rotatable bonds is 6. The van der Waals surface area contributed by atoms with E-state index in [0.29, 0.717) is 19.5 Å². The molecule has 1 N–H and O–H groups in total. The lowest BCUT2D eigenvalue weighted by Crippen LogP contribution is -2.38. The standard InChI is InChI=1S/C19H22N2O2/c1-15-8-6-7-11-18(15)21(16(2)22)13-12-20-19(23)14-17-9-4-3-5-10-17/h3-11H,12-14H2,1-2H3,(H,20,23). The minimum absolute atomic E-state index is 0.0309. The van der Waals surface area contributed by atoms with Crippen molar-refractivity contribution < 1.29 is 9.59 Å². The predicted octanol–water partition coefficient (Wildman–Crippen LogP) is 2.71. The molecule has 2 aromatic rings. The summed E-state index contributed by atoms with van der Waals surface area (Å²) in [5, 5.41) is 2.87. The van der Waals surface area contributed by atoms with Crippen molar-refractivity contribution in [2.24, 2.45) is 0 Å². The van der Waals surface area contributed by atoms with Gasteiger partial charge < -0.3 is 10.2 Å². The van der Waals surface area contributed by atoms with Crippen LogP contribution in [-0.2, 0) is 16.0 Å². The molecule has 2 rings (SSSR count). The number of hydrogen-bond donors (Lipinski definition) is 1. The van der Waals surface area contributed by atoms with Gasteiger partial charge in [0.15, 0.2) is 0 Å². The zero-order valence-corrected chi connectivity index (χ0v) is 13.6. The van der Waals surface area contributed by atoms with Gasteiger partial charge >= 0.3 is 0 Å². The van der Waals surface area contributed by atoms with Crippen molar-refractivity contribution in [3.05, 3.63) is 65.7 Å². The molecule has 2 aromatic carbocycles. The smallest absolute Gasteiger partial charge is 0.224 e. The highest BCUT2D eigenvalue weighted by atomic mass is 16.2. The van der Waals surface area contributed by atoms with E-state index in [1.165, 1.54) is 6.92 Å². The van der Waals surface area contributed by atoms with Crippen LogP contribution in [0, 0.1) is 6.92 Å². The van der Waals surface area contributed by atoms with Crippen LogP contribution in [0.1, 0.15) is 18.1 Å². The van der Waals surface area contributed by atoms with Gasteiger partial charge in [0.05, 0.1) is 6.42 Å². The van der Waals surface area contributed by atoms with Gasteiger partial charge in [-0.1, -0.05) is 48.5 Å². The molecule has 0 spiro atoms. The number of nitrogens with zero attached hydrogens (tertiary/aromatic N) is 1. The molecule has 0 aliphatic carbocycles. The van der Waals surface area contributed by atoms with Crippen molar-refractivity contribution in [2.45, 2.75) is 20.3 Å². The summed E-state index contributed by atoms with van der Waals surface area (Å²) in [5.41, 5.74) is 2.91. The Morgan fingerprint density at radius 1 is 1.00 bits per heavy atom. The molecule has 0 fully saturated rings. The lowest BCUT2D eigenvalue weighted by Gasteiger charge is -2.23. The molecular weight excluding hydrogens is 288 g/mol. The SMILES string of the molecule is CC(=O)N(CCNC(=O)Cc1ccccc1)c1ccccc1C. The Hall–Kier alpha value is -2.62. The summed E-state index contributed by atoms with van der Waals surface area (Å²) in [6.07, 6.45) is 0.352. The number of aryl methyl sites for hydroxylation is 1. The van der Waals surface area contributed by atoms with Crippen molar-refractivity contribution in [1.82, 2.24) is 5.32 Å².